The number of hydrogen-bond donors (Lipinski definition) is 4. The number of hydrogen-bond acceptors (Lipinski definition) is 14. The zero-order valence-corrected chi connectivity index (χ0v) is 66.7. The number of carbonyl (C=O) groups is 3. The van der Waals surface area contributed by atoms with E-state index in [1.165, 1.54) is 167 Å². The predicted molar refractivity (Wildman–Crippen MR) is 427 cm³/mol. The van der Waals surface area contributed by atoms with E-state index in [-0.39, 0.29) is 19.3 Å². The fourth-order valence-corrected chi connectivity index (χ4v) is 12.5. The van der Waals surface area contributed by atoms with E-state index < -0.39 is 91.5 Å². The summed E-state index contributed by atoms with van der Waals surface area (Å²) in [5, 5.41) is 20.6. The zero-order valence-electron chi connectivity index (χ0n) is 65.0. The van der Waals surface area contributed by atoms with Crippen LogP contribution in [0, 0.1) is 0 Å². The maximum Gasteiger partial charge on any atom is 0.472 e. The molecule has 4 N–H and O–H groups in total. The molecule has 0 aromatic carbocycles. The maximum atomic E-state index is 12.9. The van der Waals surface area contributed by atoms with Crippen molar-refractivity contribution in [2.45, 2.75) is 360 Å². The lowest BCUT2D eigenvalue weighted by Gasteiger charge is -2.21. The van der Waals surface area contributed by atoms with Gasteiger partial charge in [-0.25, -0.2) is 9.13 Å². The number of rotatable bonds is 77. The van der Waals surface area contributed by atoms with Gasteiger partial charge in [-0.3, -0.25) is 32.5 Å². The van der Waals surface area contributed by atoms with Crippen molar-refractivity contribution in [1.82, 2.24) is 0 Å². The molecule has 0 aromatic rings. The zero-order chi connectivity index (χ0) is 75.2. The van der Waals surface area contributed by atoms with E-state index in [1.807, 2.05) is 12.2 Å². The van der Waals surface area contributed by atoms with Crippen LogP contribution in [0.4, 0.5) is 0 Å². The topological polar surface area (TPSA) is 231 Å². The molecule has 0 aliphatic rings. The third-order valence-electron chi connectivity index (χ3n) is 17.1. The summed E-state index contributed by atoms with van der Waals surface area (Å²) >= 11 is 0. The van der Waals surface area contributed by atoms with Crippen molar-refractivity contribution in [3.63, 3.8) is 0 Å². The van der Waals surface area contributed by atoms with Crippen LogP contribution in [0.2, 0.25) is 0 Å². The molecule has 103 heavy (non-hydrogen) atoms. The van der Waals surface area contributed by atoms with Gasteiger partial charge in [0.1, 0.15) is 25.4 Å². The van der Waals surface area contributed by atoms with Crippen LogP contribution in [0.1, 0.15) is 342 Å². The third-order valence-corrected chi connectivity index (χ3v) is 19.0. The molecule has 0 fully saturated rings. The van der Waals surface area contributed by atoms with Crippen molar-refractivity contribution in [2.24, 2.45) is 0 Å². The summed E-state index contributed by atoms with van der Waals surface area (Å²) in [5.41, 5.74) is 0. The van der Waals surface area contributed by atoms with Crippen LogP contribution in [-0.2, 0) is 55.8 Å². The first-order chi connectivity index (χ1) is 50.2. The van der Waals surface area contributed by atoms with Gasteiger partial charge in [0.25, 0.3) is 0 Å². The summed E-state index contributed by atoms with van der Waals surface area (Å²) in [4.78, 5) is 58.6. The van der Waals surface area contributed by atoms with E-state index in [0.29, 0.717) is 25.7 Å². The molecule has 0 rings (SSSR count). The molecule has 16 nitrogen and oxygen atoms in total. The summed E-state index contributed by atoms with van der Waals surface area (Å²) in [5.74, 6) is -1.65. The summed E-state index contributed by atoms with van der Waals surface area (Å²) < 4.78 is 61.0. The lowest BCUT2D eigenvalue weighted by atomic mass is 10.0. The molecule has 0 aromatic heterocycles. The number of aliphatic hydroxyl groups excluding tert-OH is 2. The Morgan fingerprint density at radius 3 is 0.883 bits per heavy atom. The maximum absolute atomic E-state index is 12.9. The highest BCUT2D eigenvalue weighted by molar-refractivity contribution is 7.47. The van der Waals surface area contributed by atoms with Crippen LogP contribution in [0.3, 0.4) is 0 Å². The normalized spacial score (nSPS) is 14.6. The van der Waals surface area contributed by atoms with Gasteiger partial charge in [0.15, 0.2) is 6.10 Å². The summed E-state index contributed by atoms with van der Waals surface area (Å²) in [6.45, 7) is 2.48. The number of ether oxygens (including phenoxy) is 3. The highest BCUT2D eigenvalue weighted by Gasteiger charge is 2.29. The molecule has 5 unspecified atom stereocenters. The quantitative estimate of drug-likeness (QED) is 0.0146. The SMILES string of the molecule is CC/C=C\C/C=C\C/C=C\C/C=C\C/C=C\CCCC(=O)OCC(COP(=O)(O)OCC(O)COP(=O)(O)OCC(O)COC(=O)CCCCCCCCCCCCCCCCCCCCC/C=C\C/C=C\C/C=C\C/C=C\CCCCC)OC(=O)CCCCCCC/C=C\CCCCCCCC. The van der Waals surface area contributed by atoms with Gasteiger partial charge in [-0.2, -0.15) is 0 Å². The van der Waals surface area contributed by atoms with Crippen LogP contribution in [-0.4, -0.2) is 95.9 Å². The first kappa shape index (κ1) is 98.9. The smallest absolute Gasteiger partial charge is 0.463 e. The third kappa shape index (κ3) is 78.8. The molecule has 0 spiro atoms. The summed E-state index contributed by atoms with van der Waals surface area (Å²) in [7, 11) is -9.80. The minimum atomic E-state index is -4.94. The largest absolute Gasteiger partial charge is 0.472 e. The lowest BCUT2D eigenvalue weighted by Crippen LogP contribution is -2.30. The van der Waals surface area contributed by atoms with Crippen LogP contribution in [0.15, 0.2) is 122 Å². The van der Waals surface area contributed by atoms with Gasteiger partial charge >= 0.3 is 33.6 Å². The van der Waals surface area contributed by atoms with E-state index in [9.17, 15) is 43.5 Å². The molecule has 0 saturated heterocycles. The average Bonchev–Trinajstić information content (AvgIpc) is 0.927. The Morgan fingerprint density at radius 1 is 0.282 bits per heavy atom. The van der Waals surface area contributed by atoms with Gasteiger partial charge in [-0.05, 0) is 128 Å². The number of unbranched alkanes of at least 4 members (excludes halogenated alkanes) is 34. The fraction of sp³-hybridized carbons (Fsp3) is 0.729. The van der Waals surface area contributed by atoms with Gasteiger partial charge in [0.05, 0.1) is 26.4 Å². The molecular formula is C85H148O16P2. The molecule has 5 atom stereocenters. The Balaban J connectivity index is 4.40. The van der Waals surface area contributed by atoms with Gasteiger partial charge in [0, 0.05) is 19.3 Å². The second-order valence-electron chi connectivity index (χ2n) is 27.2. The van der Waals surface area contributed by atoms with Gasteiger partial charge in [0.2, 0.25) is 0 Å². The predicted octanol–water partition coefficient (Wildman–Crippen LogP) is 24.1. The Hall–Kier alpha value is -4.05. The highest BCUT2D eigenvalue weighted by atomic mass is 31.2. The van der Waals surface area contributed by atoms with Crippen LogP contribution in [0.25, 0.3) is 0 Å². The van der Waals surface area contributed by atoms with Crippen LogP contribution < -0.4 is 0 Å². The first-order valence-corrected chi connectivity index (χ1v) is 43.8. The number of esters is 3. The molecule has 594 valence electrons. The minimum absolute atomic E-state index is 0.0814. The van der Waals surface area contributed by atoms with Crippen molar-refractivity contribution in [3.05, 3.63) is 122 Å². The summed E-state index contributed by atoms with van der Waals surface area (Å²) in [6.07, 6.45) is 92.8. The van der Waals surface area contributed by atoms with Crippen molar-refractivity contribution < 1.29 is 75.8 Å². The van der Waals surface area contributed by atoms with Crippen LogP contribution >= 0.6 is 15.6 Å². The van der Waals surface area contributed by atoms with E-state index in [1.54, 1.807) is 0 Å². The van der Waals surface area contributed by atoms with E-state index in [4.69, 9.17) is 32.3 Å². The number of carbonyl (C=O) groups excluding carboxylic acids is 3. The van der Waals surface area contributed by atoms with Crippen molar-refractivity contribution in [1.29, 1.82) is 0 Å². The van der Waals surface area contributed by atoms with Crippen LogP contribution in [0.5, 0.6) is 0 Å². The molecule has 0 saturated carbocycles. The van der Waals surface area contributed by atoms with E-state index >= 15 is 0 Å². The second kappa shape index (κ2) is 77.6. The molecule has 0 aliphatic heterocycles. The van der Waals surface area contributed by atoms with Gasteiger partial charge < -0.3 is 34.2 Å². The number of phosphoric acid groups is 2. The molecule has 0 bridgehead atoms. The van der Waals surface area contributed by atoms with Gasteiger partial charge in [-0.15, -0.1) is 0 Å². The minimum Gasteiger partial charge on any atom is -0.463 e. The standard InChI is InChI=1S/C85H148O16P2/c1-4-7-10-13-16-19-22-25-28-30-31-32-33-34-35-36-37-38-39-40-41-42-43-44-45-46-47-49-52-53-56-59-62-65-68-71-83(88)95-74-80(86)75-97-102(91,92)98-76-81(87)77-99-103(93,94)100-79-82(101-85(90)73-70-67-64-61-58-55-50-27-24-21-18-15-12-9-6-3)78-96-84(89)72-69-66-63-60-57-54-51-48-29-26-23-20-17-14-11-8-5-2/h8,11,16-17,19-20,25-29,31-32,34-35,50-51,54,60,63,80-82,86-87H,4-7,9-10,12-15,18,21-24,30,33,36-49,52-53,55-59,61-62,64-79H2,1-3H3,(H,91,92)(H,93,94)/b11-8-,19-16-,20-17-,28-25-,29-26-,32-31-,35-34-,50-27-,54-51-,63-60-. The number of phosphoric ester groups is 2. The Morgan fingerprint density at radius 2 is 0.524 bits per heavy atom. The van der Waals surface area contributed by atoms with Crippen molar-refractivity contribution >= 4 is 33.6 Å². The summed E-state index contributed by atoms with van der Waals surface area (Å²) in [6, 6.07) is 0. The van der Waals surface area contributed by atoms with Crippen molar-refractivity contribution in [2.75, 3.05) is 39.6 Å². The van der Waals surface area contributed by atoms with Gasteiger partial charge in [-0.1, -0.05) is 316 Å². The first-order valence-electron chi connectivity index (χ1n) is 40.8. The number of aliphatic hydroxyl groups is 2. The molecule has 18 heteroatoms. The Kier molecular flexibility index (Phi) is 74.5. The Labute approximate surface area is 627 Å². The Bertz CT molecular complexity index is 2360. The average molecular weight is 1490 g/mol. The molecule has 0 heterocycles. The lowest BCUT2D eigenvalue weighted by molar-refractivity contribution is -0.161. The van der Waals surface area contributed by atoms with E-state index in [2.05, 4.69) is 130 Å². The molecule has 0 radical (unpaired) electrons. The number of allylic oxidation sites excluding steroid dienone is 20. The monoisotopic (exact) mass is 1490 g/mol. The highest BCUT2D eigenvalue weighted by Crippen LogP contribution is 2.45. The molecule has 0 aliphatic carbocycles. The van der Waals surface area contributed by atoms with Crippen molar-refractivity contribution in [3.8, 4) is 0 Å². The molecule has 0 amide bonds. The second-order valence-corrected chi connectivity index (χ2v) is 30.1. The van der Waals surface area contributed by atoms with E-state index in [0.717, 1.165) is 109 Å². The fourth-order valence-electron chi connectivity index (χ4n) is 10.9. The molecular weight excluding hydrogens is 1340 g/mol.